The Kier molecular flexibility index (Phi) is 4.74. The van der Waals surface area contributed by atoms with Crippen molar-refractivity contribution < 1.29 is 9.59 Å². The fourth-order valence-electron chi connectivity index (χ4n) is 1.81. The molecule has 0 saturated carbocycles. The lowest BCUT2D eigenvalue weighted by atomic mass is 10.1. The van der Waals surface area contributed by atoms with Gasteiger partial charge in [-0.15, -0.1) is 0 Å². The van der Waals surface area contributed by atoms with Crippen molar-refractivity contribution in [3.05, 3.63) is 77.1 Å². The fraction of sp³-hybridized carbons (Fsp3) is 0. The summed E-state index contributed by atoms with van der Waals surface area (Å²) in [5, 5.41) is 2.82. The van der Waals surface area contributed by atoms with Crippen molar-refractivity contribution in [3.8, 4) is 11.8 Å². The average Bonchev–Trinajstić information content (AvgIpc) is 2.53. The highest BCUT2D eigenvalue weighted by Crippen LogP contribution is 2.16. The minimum Gasteiger partial charge on any atom is -0.386 e. The number of hydrogen-bond acceptors (Lipinski definition) is 4. The Balaban J connectivity index is 2.29. The first kappa shape index (κ1) is 15.1. The van der Waals surface area contributed by atoms with E-state index in [1.54, 1.807) is 42.5 Å². The molecule has 0 aliphatic carbocycles. The average molecular weight is 290 g/mol. The van der Waals surface area contributed by atoms with Gasteiger partial charge in [0.2, 0.25) is 0 Å². The lowest BCUT2D eigenvalue weighted by Crippen LogP contribution is -2.08. The van der Waals surface area contributed by atoms with Crippen molar-refractivity contribution in [3.63, 3.8) is 0 Å². The summed E-state index contributed by atoms with van der Waals surface area (Å²) in [7, 11) is 0. The van der Waals surface area contributed by atoms with E-state index in [9.17, 15) is 9.59 Å². The topological polar surface area (TPSA) is 72.2 Å². The van der Waals surface area contributed by atoms with Crippen LogP contribution in [0, 0.1) is 11.8 Å². The predicted molar refractivity (Wildman–Crippen MR) is 86.6 cm³/mol. The zero-order valence-corrected chi connectivity index (χ0v) is 11.8. The van der Waals surface area contributed by atoms with Crippen LogP contribution in [0.15, 0.2) is 54.9 Å². The van der Waals surface area contributed by atoms with Gasteiger partial charge in [-0.1, -0.05) is 30.6 Å². The highest BCUT2D eigenvalue weighted by molar-refractivity contribution is 5.85. The van der Waals surface area contributed by atoms with E-state index in [1.165, 1.54) is 0 Å². The van der Waals surface area contributed by atoms with E-state index in [-0.39, 0.29) is 5.82 Å². The van der Waals surface area contributed by atoms with Gasteiger partial charge in [-0.05, 0) is 30.3 Å². The number of carbonyl (C=O) groups is 2. The minimum atomic E-state index is 0.248. The number of rotatable bonds is 4. The Hall–Kier alpha value is -3.32. The molecule has 0 aliphatic heterocycles. The predicted octanol–water partition coefficient (Wildman–Crippen LogP) is 2.55. The smallest absolute Gasteiger partial charge is 0.152 e. The monoisotopic (exact) mass is 290 g/mol. The summed E-state index contributed by atoms with van der Waals surface area (Å²) in [5.74, 6) is 6.24. The molecule has 0 atom stereocenters. The van der Waals surface area contributed by atoms with Crippen LogP contribution in [-0.4, -0.2) is 12.6 Å². The molecule has 108 valence electrons. The third-order valence-electron chi connectivity index (χ3n) is 2.87. The second-order valence-corrected chi connectivity index (χ2v) is 4.56. The van der Waals surface area contributed by atoms with Gasteiger partial charge < -0.3 is 11.1 Å². The molecule has 4 heteroatoms. The van der Waals surface area contributed by atoms with Crippen molar-refractivity contribution in [2.24, 2.45) is 5.73 Å². The van der Waals surface area contributed by atoms with E-state index in [4.69, 9.17) is 5.73 Å². The lowest BCUT2D eigenvalue weighted by Gasteiger charge is -2.08. The van der Waals surface area contributed by atoms with Crippen LogP contribution < -0.4 is 11.1 Å². The molecule has 0 saturated heterocycles. The molecule has 0 bridgehead atoms. The van der Waals surface area contributed by atoms with Gasteiger partial charge >= 0.3 is 0 Å². The quantitative estimate of drug-likeness (QED) is 0.670. The Labute approximate surface area is 128 Å². The largest absolute Gasteiger partial charge is 0.386 e. The summed E-state index contributed by atoms with van der Waals surface area (Å²) in [6, 6.07) is 12.1. The molecule has 0 spiro atoms. The summed E-state index contributed by atoms with van der Waals surface area (Å²) >= 11 is 0. The van der Waals surface area contributed by atoms with Crippen molar-refractivity contribution in [1.82, 2.24) is 0 Å². The number of nitrogens with one attached hydrogen (secondary N) is 1. The molecule has 0 fully saturated rings. The second kappa shape index (κ2) is 6.91. The molecule has 2 aromatic carbocycles. The van der Waals surface area contributed by atoms with Gasteiger partial charge in [0.05, 0.1) is 11.5 Å². The van der Waals surface area contributed by atoms with Crippen LogP contribution >= 0.6 is 0 Å². The molecule has 4 nitrogen and oxygen atoms in total. The van der Waals surface area contributed by atoms with Crippen LogP contribution in [0.5, 0.6) is 0 Å². The van der Waals surface area contributed by atoms with Gasteiger partial charge in [0.1, 0.15) is 6.29 Å². The first-order chi connectivity index (χ1) is 10.6. The van der Waals surface area contributed by atoms with Gasteiger partial charge in [-0.3, -0.25) is 9.59 Å². The minimum absolute atomic E-state index is 0.248. The number of aldehydes is 2. The summed E-state index contributed by atoms with van der Waals surface area (Å²) in [5.41, 5.74) is 8.67. The SMILES string of the molecule is C=C(N)Nc1cc(C#Cc2ccc(C=O)cc2)ccc1C=O. The summed E-state index contributed by atoms with van der Waals surface area (Å²) in [6.07, 6.45) is 1.52. The maximum absolute atomic E-state index is 11.0. The maximum atomic E-state index is 11.0. The van der Waals surface area contributed by atoms with Crippen LogP contribution in [-0.2, 0) is 0 Å². The number of anilines is 1. The zero-order chi connectivity index (χ0) is 15.9. The zero-order valence-electron chi connectivity index (χ0n) is 11.8. The molecule has 0 aliphatic rings. The summed E-state index contributed by atoms with van der Waals surface area (Å²) < 4.78 is 0. The van der Waals surface area contributed by atoms with E-state index in [1.807, 2.05) is 0 Å². The molecule has 0 heterocycles. The molecule has 0 radical (unpaired) electrons. The summed E-state index contributed by atoms with van der Waals surface area (Å²) in [4.78, 5) is 21.6. The third-order valence-corrected chi connectivity index (χ3v) is 2.87. The van der Waals surface area contributed by atoms with Gasteiger partial charge in [0.15, 0.2) is 6.29 Å². The maximum Gasteiger partial charge on any atom is 0.152 e. The lowest BCUT2D eigenvalue weighted by molar-refractivity contribution is 0.111. The molecular weight excluding hydrogens is 276 g/mol. The van der Waals surface area contributed by atoms with Gasteiger partial charge in [-0.2, -0.15) is 0 Å². The number of nitrogens with two attached hydrogens (primary N) is 1. The first-order valence-electron chi connectivity index (χ1n) is 6.50. The van der Waals surface area contributed by atoms with Crippen LogP contribution in [0.25, 0.3) is 0 Å². The van der Waals surface area contributed by atoms with Crippen molar-refractivity contribution in [2.75, 3.05) is 5.32 Å². The fourth-order valence-corrected chi connectivity index (χ4v) is 1.81. The van der Waals surface area contributed by atoms with E-state index in [0.29, 0.717) is 16.8 Å². The Morgan fingerprint density at radius 2 is 1.64 bits per heavy atom. The molecule has 22 heavy (non-hydrogen) atoms. The molecular formula is C18H14N2O2. The normalized spacial score (nSPS) is 9.27. The molecule has 0 unspecified atom stereocenters. The highest BCUT2D eigenvalue weighted by Gasteiger charge is 2.02. The summed E-state index contributed by atoms with van der Waals surface area (Å²) in [6.45, 7) is 3.55. The van der Waals surface area contributed by atoms with E-state index < -0.39 is 0 Å². The van der Waals surface area contributed by atoms with Gasteiger partial charge in [0.25, 0.3) is 0 Å². The van der Waals surface area contributed by atoms with Crippen LogP contribution in [0.1, 0.15) is 31.8 Å². The van der Waals surface area contributed by atoms with Gasteiger partial charge in [0, 0.05) is 22.3 Å². The molecule has 2 aromatic rings. The highest BCUT2D eigenvalue weighted by atomic mass is 16.1. The standard InChI is InChI=1S/C18H14N2O2/c1-13(19)20-18-10-15(8-9-17(18)12-22)5-2-14-3-6-16(11-21)7-4-14/h3-4,6-12,20H,1,19H2. The van der Waals surface area contributed by atoms with Crippen LogP contribution in [0.2, 0.25) is 0 Å². The van der Waals surface area contributed by atoms with E-state index >= 15 is 0 Å². The molecule has 2 rings (SSSR count). The molecule has 3 N–H and O–H groups in total. The molecule has 0 amide bonds. The second-order valence-electron chi connectivity index (χ2n) is 4.56. The van der Waals surface area contributed by atoms with E-state index in [0.717, 1.165) is 23.7 Å². The van der Waals surface area contributed by atoms with Crippen LogP contribution in [0.4, 0.5) is 5.69 Å². The van der Waals surface area contributed by atoms with E-state index in [2.05, 4.69) is 23.7 Å². The van der Waals surface area contributed by atoms with Crippen molar-refractivity contribution in [1.29, 1.82) is 0 Å². The van der Waals surface area contributed by atoms with Gasteiger partial charge in [-0.25, -0.2) is 0 Å². The Morgan fingerprint density at radius 3 is 2.23 bits per heavy atom. The Bertz CT molecular complexity index is 781. The van der Waals surface area contributed by atoms with Crippen LogP contribution in [0.3, 0.4) is 0 Å². The number of benzene rings is 2. The number of hydrogen-bond donors (Lipinski definition) is 2. The number of carbonyl (C=O) groups excluding carboxylic acids is 2. The third kappa shape index (κ3) is 3.84. The Morgan fingerprint density at radius 1 is 1.00 bits per heavy atom. The van der Waals surface area contributed by atoms with Crippen molar-refractivity contribution in [2.45, 2.75) is 0 Å². The first-order valence-corrected chi connectivity index (χ1v) is 6.50. The molecule has 0 aromatic heterocycles. The van der Waals surface area contributed by atoms with Crippen molar-refractivity contribution >= 4 is 18.3 Å².